The molecule has 0 radical (unpaired) electrons. The molecule has 0 saturated carbocycles. The second-order valence-electron chi connectivity index (χ2n) is 6.96. The molecule has 0 saturated heterocycles. The van der Waals surface area contributed by atoms with Crippen LogP contribution in [0.25, 0.3) is 0 Å². The molecule has 0 aliphatic rings. The van der Waals surface area contributed by atoms with Crippen LogP contribution in [0, 0.1) is 5.82 Å². The van der Waals surface area contributed by atoms with Gasteiger partial charge in [0.2, 0.25) is 0 Å². The first kappa shape index (κ1) is 22.4. The Kier molecular flexibility index (Phi) is 7.72. The summed E-state index contributed by atoms with van der Waals surface area (Å²) in [6.45, 7) is 2.21. The van der Waals surface area contributed by atoms with E-state index in [9.17, 15) is 14.0 Å². The Hall–Kier alpha value is -3.26. The van der Waals surface area contributed by atoms with Crippen LogP contribution in [-0.4, -0.2) is 34.9 Å². The summed E-state index contributed by atoms with van der Waals surface area (Å²) in [5.74, 6) is -0.597. The average molecular weight is 443 g/mol. The van der Waals surface area contributed by atoms with Crippen LogP contribution in [0.2, 0.25) is 0 Å². The molecule has 31 heavy (non-hydrogen) atoms. The standard InChI is InChI=1S/C23H23FN2O4S/c1-16(23(28)26(2)13-17-6-4-3-5-7-17)30-22(27)12-19-15-31-21(25-19)14-29-20-10-8-18(24)9-11-20/h3-11,15-16H,12-14H2,1-2H3. The van der Waals surface area contributed by atoms with Crippen LogP contribution in [0.15, 0.2) is 60.0 Å². The van der Waals surface area contributed by atoms with Crippen molar-refractivity contribution in [3.8, 4) is 5.75 Å². The first-order valence-corrected chi connectivity index (χ1v) is 10.6. The maximum absolute atomic E-state index is 12.9. The fraction of sp³-hybridized carbons (Fsp3) is 0.261. The highest BCUT2D eigenvalue weighted by Gasteiger charge is 2.22. The number of amides is 1. The fourth-order valence-corrected chi connectivity index (χ4v) is 3.56. The van der Waals surface area contributed by atoms with Crippen molar-refractivity contribution in [3.63, 3.8) is 0 Å². The minimum Gasteiger partial charge on any atom is -0.486 e. The van der Waals surface area contributed by atoms with Gasteiger partial charge >= 0.3 is 5.97 Å². The Bertz CT molecular complexity index is 1010. The predicted octanol–water partition coefficient (Wildman–Crippen LogP) is 3.99. The van der Waals surface area contributed by atoms with Gasteiger partial charge in [-0.25, -0.2) is 9.37 Å². The number of thiazole rings is 1. The third-order valence-electron chi connectivity index (χ3n) is 4.40. The quantitative estimate of drug-likeness (QED) is 0.469. The Morgan fingerprint density at radius 2 is 1.84 bits per heavy atom. The zero-order valence-electron chi connectivity index (χ0n) is 17.3. The highest BCUT2D eigenvalue weighted by molar-refractivity contribution is 7.09. The molecule has 3 aromatic rings. The van der Waals surface area contributed by atoms with Gasteiger partial charge in [-0.3, -0.25) is 9.59 Å². The minimum atomic E-state index is -0.888. The van der Waals surface area contributed by atoms with Crippen LogP contribution in [0.5, 0.6) is 5.75 Å². The lowest BCUT2D eigenvalue weighted by molar-refractivity contribution is -0.158. The van der Waals surface area contributed by atoms with Crippen molar-refractivity contribution >= 4 is 23.2 Å². The normalized spacial score (nSPS) is 11.6. The van der Waals surface area contributed by atoms with Gasteiger partial charge in [-0.1, -0.05) is 30.3 Å². The molecule has 2 aromatic carbocycles. The Morgan fingerprint density at radius 1 is 1.13 bits per heavy atom. The van der Waals surface area contributed by atoms with Crippen LogP contribution in [0.1, 0.15) is 23.2 Å². The molecule has 3 rings (SSSR count). The first-order valence-electron chi connectivity index (χ1n) is 9.70. The van der Waals surface area contributed by atoms with E-state index < -0.39 is 12.1 Å². The lowest BCUT2D eigenvalue weighted by Crippen LogP contribution is -2.37. The number of halogens is 1. The maximum atomic E-state index is 12.9. The van der Waals surface area contributed by atoms with Gasteiger partial charge in [0.25, 0.3) is 5.91 Å². The molecule has 0 N–H and O–H groups in total. The lowest BCUT2D eigenvalue weighted by Gasteiger charge is -2.21. The predicted molar refractivity (Wildman–Crippen MR) is 115 cm³/mol. The average Bonchev–Trinajstić information content (AvgIpc) is 3.20. The summed E-state index contributed by atoms with van der Waals surface area (Å²) in [5, 5.41) is 2.43. The van der Waals surface area contributed by atoms with Crippen molar-refractivity contribution in [2.75, 3.05) is 7.05 Å². The van der Waals surface area contributed by atoms with Crippen molar-refractivity contribution in [2.24, 2.45) is 0 Å². The molecule has 1 atom stereocenters. The molecule has 1 amide bonds. The van der Waals surface area contributed by atoms with E-state index in [1.165, 1.54) is 40.5 Å². The molecule has 0 fully saturated rings. The van der Waals surface area contributed by atoms with Crippen molar-refractivity contribution in [2.45, 2.75) is 32.6 Å². The van der Waals surface area contributed by atoms with E-state index in [4.69, 9.17) is 9.47 Å². The number of aromatic nitrogens is 1. The molecular formula is C23H23FN2O4S. The number of ether oxygens (including phenoxy) is 2. The fourth-order valence-electron chi connectivity index (χ4n) is 2.85. The van der Waals surface area contributed by atoms with Gasteiger partial charge in [-0.15, -0.1) is 11.3 Å². The largest absolute Gasteiger partial charge is 0.486 e. The number of carbonyl (C=O) groups is 2. The Balaban J connectivity index is 1.45. The van der Waals surface area contributed by atoms with Crippen LogP contribution in [-0.2, 0) is 33.9 Å². The number of esters is 1. The molecule has 0 spiro atoms. The van der Waals surface area contributed by atoms with Gasteiger partial charge in [0.05, 0.1) is 12.1 Å². The van der Waals surface area contributed by atoms with Gasteiger partial charge in [0, 0.05) is 19.0 Å². The van der Waals surface area contributed by atoms with Gasteiger partial charge in [-0.05, 0) is 36.8 Å². The van der Waals surface area contributed by atoms with Gasteiger partial charge in [0.1, 0.15) is 23.2 Å². The molecule has 0 bridgehead atoms. The van der Waals surface area contributed by atoms with Crippen molar-refractivity contribution < 1.29 is 23.5 Å². The summed E-state index contributed by atoms with van der Waals surface area (Å²) in [7, 11) is 1.67. The zero-order chi connectivity index (χ0) is 22.2. The molecule has 6 nitrogen and oxygen atoms in total. The third kappa shape index (κ3) is 6.89. The first-order chi connectivity index (χ1) is 14.9. The lowest BCUT2D eigenvalue weighted by atomic mass is 10.2. The number of hydrogen-bond donors (Lipinski definition) is 0. The highest BCUT2D eigenvalue weighted by Crippen LogP contribution is 2.16. The summed E-state index contributed by atoms with van der Waals surface area (Å²) in [4.78, 5) is 30.6. The number of nitrogens with zero attached hydrogens (tertiary/aromatic N) is 2. The Morgan fingerprint density at radius 3 is 2.55 bits per heavy atom. The third-order valence-corrected chi connectivity index (χ3v) is 5.27. The molecule has 8 heteroatoms. The smallest absolute Gasteiger partial charge is 0.312 e. The number of rotatable bonds is 9. The SMILES string of the molecule is CC(OC(=O)Cc1csc(COc2ccc(F)cc2)n1)C(=O)N(C)Cc1ccccc1. The molecular weight excluding hydrogens is 419 g/mol. The van der Waals surface area contributed by atoms with E-state index in [0.29, 0.717) is 23.0 Å². The van der Waals surface area contributed by atoms with Crippen LogP contribution < -0.4 is 4.74 Å². The van der Waals surface area contributed by atoms with E-state index in [-0.39, 0.29) is 24.8 Å². The molecule has 1 unspecified atom stereocenters. The van der Waals surface area contributed by atoms with E-state index >= 15 is 0 Å². The maximum Gasteiger partial charge on any atom is 0.312 e. The molecule has 0 aliphatic heterocycles. The molecule has 1 heterocycles. The van der Waals surface area contributed by atoms with Crippen molar-refractivity contribution in [1.82, 2.24) is 9.88 Å². The van der Waals surface area contributed by atoms with Gasteiger partial charge in [-0.2, -0.15) is 0 Å². The monoisotopic (exact) mass is 442 g/mol. The van der Waals surface area contributed by atoms with Gasteiger partial charge in [0.15, 0.2) is 6.10 Å². The summed E-state index contributed by atoms with van der Waals surface area (Å²) < 4.78 is 23.8. The van der Waals surface area contributed by atoms with E-state index in [1.54, 1.807) is 19.4 Å². The van der Waals surface area contributed by atoms with Crippen molar-refractivity contribution in [3.05, 3.63) is 82.1 Å². The second kappa shape index (κ2) is 10.7. The number of hydrogen-bond acceptors (Lipinski definition) is 6. The van der Waals surface area contributed by atoms with Crippen molar-refractivity contribution in [1.29, 1.82) is 0 Å². The van der Waals surface area contributed by atoms with Crippen LogP contribution >= 0.6 is 11.3 Å². The van der Waals surface area contributed by atoms with Crippen LogP contribution in [0.3, 0.4) is 0 Å². The number of likely N-dealkylation sites (N-methyl/N-ethyl adjacent to an activating group) is 1. The topological polar surface area (TPSA) is 68.7 Å². The zero-order valence-corrected chi connectivity index (χ0v) is 18.1. The number of benzene rings is 2. The molecule has 0 aliphatic carbocycles. The summed E-state index contributed by atoms with van der Waals surface area (Å²) in [6.07, 6.45) is -0.922. The summed E-state index contributed by atoms with van der Waals surface area (Å²) >= 11 is 1.35. The minimum absolute atomic E-state index is 0.0347. The van der Waals surface area contributed by atoms with Gasteiger partial charge < -0.3 is 14.4 Å². The molecule has 1 aromatic heterocycles. The number of carbonyl (C=O) groups excluding carboxylic acids is 2. The van der Waals surface area contributed by atoms with E-state index in [0.717, 1.165) is 5.56 Å². The summed E-state index contributed by atoms with van der Waals surface area (Å²) in [6, 6.07) is 15.3. The highest BCUT2D eigenvalue weighted by atomic mass is 32.1. The molecule has 162 valence electrons. The summed E-state index contributed by atoms with van der Waals surface area (Å²) in [5.41, 5.74) is 1.54. The Labute approximate surface area is 184 Å². The van der Waals surface area contributed by atoms with E-state index in [1.807, 2.05) is 30.3 Å². The van der Waals surface area contributed by atoms with Crippen LogP contribution in [0.4, 0.5) is 4.39 Å². The van der Waals surface area contributed by atoms with E-state index in [2.05, 4.69) is 4.98 Å². The second-order valence-corrected chi connectivity index (χ2v) is 7.91.